The number of fused-ring (bicyclic) bond motifs is 6. The number of nitrogens with one attached hydrogen (secondary N) is 1. The van der Waals surface area contributed by atoms with Gasteiger partial charge in [0.15, 0.2) is 5.60 Å². The number of carbonyl (C=O) groups is 2. The van der Waals surface area contributed by atoms with Gasteiger partial charge in [-0.05, 0) is 24.3 Å². The van der Waals surface area contributed by atoms with Gasteiger partial charge in [0, 0.05) is 41.5 Å². The topological polar surface area (TPSA) is 77.1 Å². The van der Waals surface area contributed by atoms with Gasteiger partial charge in [0.2, 0.25) is 0 Å². The molecule has 0 bridgehead atoms. The van der Waals surface area contributed by atoms with Crippen LogP contribution in [0, 0.1) is 0 Å². The lowest BCUT2D eigenvalue weighted by Crippen LogP contribution is -2.43. The van der Waals surface area contributed by atoms with Gasteiger partial charge < -0.3 is 24.4 Å². The van der Waals surface area contributed by atoms with Gasteiger partial charge in [0.25, 0.3) is 0 Å². The normalized spacial score (nSPS) is 19.6. The first-order chi connectivity index (χ1) is 16.7. The Morgan fingerprint density at radius 3 is 2.35 bits per heavy atom. The van der Waals surface area contributed by atoms with Crippen molar-refractivity contribution >= 4 is 17.7 Å². The van der Waals surface area contributed by atoms with E-state index in [1.165, 1.54) is 0 Å². The first kappa shape index (κ1) is 22.0. The van der Waals surface area contributed by atoms with Gasteiger partial charge >= 0.3 is 12.0 Å². The maximum Gasteiger partial charge on any atom is 0.340 e. The van der Waals surface area contributed by atoms with Crippen LogP contribution in [-0.2, 0) is 15.1 Å². The van der Waals surface area contributed by atoms with E-state index in [1.54, 1.807) is 17.0 Å². The number of carbonyl (C=O) groups excluding carboxylic acids is 2. The Morgan fingerprint density at radius 2 is 1.56 bits per heavy atom. The molecule has 1 saturated heterocycles. The van der Waals surface area contributed by atoms with Crippen LogP contribution < -0.4 is 10.1 Å². The molecule has 0 saturated carbocycles. The van der Waals surface area contributed by atoms with Crippen molar-refractivity contribution in [1.29, 1.82) is 0 Å². The number of rotatable bonds is 1. The monoisotopic (exact) mass is 458 g/mol. The molecule has 0 radical (unpaired) electrons. The molecular weight excluding hydrogens is 432 g/mol. The average Bonchev–Trinajstić information content (AvgIpc) is 3.19. The third-order valence-corrected chi connectivity index (χ3v) is 6.17. The van der Waals surface area contributed by atoms with Crippen LogP contribution in [0.5, 0.6) is 11.5 Å². The number of benzene rings is 3. The number of morpholine rings is 1. The molecule has 6 rings (SSSR count). The molecule has 1 N–H and O–H groups in total. The zero-order chi connectivity index (χ0) is 23.7. The predicted molar refractivity (Wildman–Crippen MR) is 127 cm³/mol. The first-order valence-corrected chi connectivity index (χ1v) is 11.6. The fraction of sp³-hybridized carbons (Fsp3) is 0.259. The highest BCUT2D eigenvalue weighted by Gasteiger charge is 2.53. The van der Waals surface area contributed by atoms with Gasteiger partial charge in [-0.15, -0.1) is 0 Å². The summed E-state index contributed by atoms with van der Waals surface area (Å²) in [6.45, 7) is 6.17. The molecule has 0 aromatic heterocycles. The van der Waals surface area contributed by atoms with E-state index < -0.39 is 5.60 Å². The minimum absolute atomic E-state index is 0.184. The largest absolute Gasteiger partial charge is 0.456 e. The molecule has 1 atom stereocenters. The van der Waals surface area contributed by atoms with E-state index in [-0.39, 0.29) is 12.0 Å². The van der Waals surface area contributed by atoms with E-state index in [4.69, 9.17) is 14.2 Å². The lowest BCUT2D eigenvalue weighted by Gasteiger charge is -2.36. The lowest BCUT2D eigenvalue weighted by atomic mass is 9.77. The molecule has 3 aliphatic heterocycles. The molecule has 3 heterocycles. The fourth-order valence-electron chi connectivity index (χ4n) is 4.67. The zero-order valence-corrected chi connectivity index (χ0v) is 19.2. The van der Waals surface area contributed by atoms with Gasteiger partial charge in [-0.1, -0.05) is 50.2 Å². The summed E-state index contributed by atoms with van der Waals surface area (Å²) in [4.78, 5) is 27.2. The quantitative estimate of drug-likeness (QED) is 0.511. The number of anilines is 1. The first-order valence-electron chi connectivity index (χ1n) is 11.6. The van der Waals surface area contributed by atoms with E-state index in [0.717, 1.165) is 16.7 Å². The average molecular weight is 459 g/mol. The number of nitrogens with zero attached hydrogens (tertiary/aromatic N) is 1. The van der Waals surface area contributed by atoms with Crippen molar-refractivity contribution in [2.24, 2.45) is 0 Å². The lowest BCUT2D eigenvalue weighted by molar-refractivity contribution is 0.0224. The van der Waals surface area contributed by atoms with Crippen LogP contribution in [0.1, 0.15) is 40.9 Å². The smallest absolute Gasteiger partial charge is 0.340 e. The predicted octanol–water partition coefficient (Wildman–Crippen LogP) is 5.14. The van der Waals surface area contributed by atoms with Crippen molar-refractivity contribution in [1.82, 2.24) is 4.90 Å². The fourth-order valence-corrected chi connectivity index (χ4v) is 4.67. The van der Waals surface area contributed by atoms with E-state index in [1.807, 2.05) is 68.4 Å². The molecule has 34 heavy (non-hydrogen) atoms. The Bertz CT molecular complexity index is 1250. The second-order valence-corrected chi connectivity index (χ2v) is 7.96. The molecule has 174 valence electrons. The Balaban J connectivity index is 0.00000117. The van der Waals surface area contributed by atoms with Crippen LogP contribution >= 0.6 is 0 Å². The molecule has 1 unspecified atom stereocenters. The van der Waals surface area contributed by atoms with E-state index in [9.17, 15) is 9.59 Å². The Labute approximate surface area is 198 Å². The Hall–Kier alpha value is -3.84. The number of ether oxygens (including phenoxy) is 3. The van der Waals surface area contributed by atoms with Crippen molar-refractivity contribution in [3.05, 3.63) is 89.0 Å². The van der Waals surface area contributed by atoms with Gasteiger partial charge in [-0.2, -0.15) is 0 Å². The summed E-state index contributed by atoms with van der Waals surface area (Å²) >= 11 is 0. The molecule has 3 aliphatic rings. The van der Waals surface area contributed by atoms with E-state index >= 15 is 0 Å². The van der Waals surface area contributed by atoms with Gasteiger partial charge in [0.05, 0.1) is 18.8 Å². The van der Waals surface area contributed by atoms with E-state index in [2.05, 4.69) is 5.32 Å². The number of para-hydroxylation sites is 1. The van der Waals surface area contributed by atoms with Crippen molar-refractivity contribution < 1.29 is 23.8 Å². The highest BCUT2D eigenvalue weighted by atomic mass is 16.6. The van der Waals surface area contributed by atoms with Crippen LogP contribution in [0.3, 0.4) is 0 Å². The number of urea groups is 1. The molecule has 1 spiro atoms. The van der Waals surface area contributed by atoms with E-state index in [0.29, 0.717) is 49.1 Å². The molecule has 7 heteroatoms. The van der Waals surface area contributed by atoms with Crippen molar-refractivity contribution in [2.75, 3.05) is 31.6 Å². The molecule has 1 fully saturated rings. The van der Waals surface area contributed by atoms with Gasteiger partial charge in [0.1, 0.15) is 11.5 Å². The second-order valence-electron chi connectivity index (χ2n) is 7.96. The summed E-state index contributed by atoms with van der Waals surface area (Å²) in [5, 5.41) is 2.94. The molecule has 7 nitrogen and oxygen atoms in total. The maximum absolute atomic E-state index is 12.8. The highest BCUT2D eigenvalue weighted by molar-refractivity contribution is 5.97. The van der Waals surface area contributed by atoms with Crippen molar-refractivity contribution in [2.45, 2.75) is 19.4 Å². The van der Waals surface area contributed by atoms with Gasteiger partial charge in [-0.25, -0.2) is 9.59 Å². The number of esters is 1. The third-order valence-electron chi connectivity index (χ3n) is 6.17. The minimum Gasteiger partial charge on any atom is -0.456 e. The third kappa shape index (κ3) is 3.40. The Kier molecular flexibility index (Phi) is 5.71. The number of hydrogen-bond donors (Lipinski definition) is 1. The summed E-state index contributed by atoms with van der Waals surface area (Å²) in [6, 6.07) is 20.2. The standard InChI is InChI=1S/C25H20N2O5.C2H6/c28-23-17-5-1-2-6-18(17)25(32-23)19-7-3-4-8-21(19)31-22-15-16(9-10-20(22)25)26-24(29)27-11-13-30-14-12-27;1-2/h1-10,15H,11-14H2,(H,26,29);1-2H3. The minimum atomic E-state index is -1.09. The molecular formula is C27H26N2O5. The van der Waals surface area contributed by atoms with Crippen LogP contribution in [0.4, 0.5) is 10.5 Å². The number of hydrogen-bond acceptors (Lipinski definition) is 5. The summed E-state index contributed by atoms with van der Waals surface area (Å²) in [6.07, 6.45) is 0. The van der Waals surface area contributed by atoms with Crippen LogP contribution in [-0.4, -0.2) is 43.2 Å². The van der Waals surface area contributed by atoms with Crippen LogP contribution in [0.25, 0.3) is 0 Å². The molecule has 3 aromatic carbocycles. The second kappa shape index (κ2) is 8.83. The summed E-state index contributed by atoms with van der Waals surface area (Å²) in [5.74, 6) is 0.780. The highest BCUT2D eigenvalue weighted by Crippen LogP contribution is 2.56. The van der Waals surface area contributed by atoms with Crippen LogP contribution in [0.15, 0.2) is 66.7 Å². The SMILES string of the molecule is CC.O=C1OC2(c3ccccc3Oc3cc(NC(=O)N4CCOCC4)ccc32)c2ccccc21. The Morgan fingerprint density at radius 1 is 0.882 bits per heavy atom. The summed E-state index contributed by atoms with van der Waals surface area (Å²) in [5.41, 5.74) is 2.33. The maximum atomic E-state index is 12.8. The zero-order valence-electron chi connectivity index (χ0n) is 19.2. The van der Waals surface area contributed by atoms with Gasteiger partial charge in [-0.3, -0.25) is 0 Å². The summed E-state index contributed by atoms with van der Waals surface area (Å²) in [7, 11) is 0. The molecule has 0 aliphatic carbocycles. The summed E-state index contributed by atoms with van der Waals surface area (Å²) < 4.78 is 17.6. The van der Waals surface area contributed by atoms with Crippen molar-refractivity contribution in [3.63, 3.8) is 0 Å². The molecule has 2 amide bonds. The van der Waals surface area contributed by atoms with Crippen molar-refractivity contribution in [3.8, 4) is 11.5 Å². The number of amides is 2. The molecule has 3 aromatic rings. The van der Waals surface area contributed by atoms with Crippen LogP contribution in [0.2, 0.25) is 0 Å².